The Kier molecular flexibility index (Phi) is 3.89. The highest BCUT2D eigenvalue weighted by molar-refractivity contribution is 6.30. The SMILES string of the molecule is C[C@@H](NC(=O)c1cnccn1)c1cccc(Cl)c1. The van der Waals surface area contributed by atoms with E-state index in [1.54, 1.807) is 6.07 Å². The van der Waals surface area contributed by atoms with E-state index in [0.717, 1.165) is 5.56 Å². The zero-order chi connectivity index (χ0) is 13.0. The van der Waals surface area contributed by atoms with Gasteiger partial charge in [0.1, 0.15) is 5.69 Å². The molecule has 1 N–H and O–H groups in total. The summed E-state index contributed by atoms with van der Waals surface area (Å²) in [7, 11) is 0. The lowest BCUT2D eigenvalue weighted by Crippen LogP contribution is -2.27. The second kappa shape index (κ2) is 5.60. The van der Waals surface area contributed by atoms with Crippen molar-refractivity contribution in [1.82, 2.24) is 15.3 Å². The Balaban J connectivity index is 2.08. The van der Waals surface area contributed by atoms with Crippen LogP contribution in [-0.4, -0.2) is 15.9 Å². The van der Waals surface area contributed by atoms with Crippen LogP contribution in [0.4, 0.5) is 0 Å². The standard InChI is InChI=1S/C13H12ClN3O/c1-9(10-3-2-4-11(14)7-10)17-13(18)12-8-15-5-6-16-12/h2-9H,1H3,(H,17,18)/t9-/m1/s1. The molecule has 0 radical (unpaired) electrons. The molecule has 2 rings (SSSR count). The van der Waals surface area contributed by atoms with E-state index in [1.165, 1.54) is 18.6 Å². The van der Waals surface area contributed by atoms with Crippen molar-refractivity contribution in [2.24, 2.45) is 0 Å². The van der Waals surface area contributed by atoms with E-state index in [-0.39, 0.29) is 11.9 Å². The molecule has 1 aromatic heterocycles. The van der Waals surface area contributed by atoms with Crippen molar-refractivity contribution in [3.05, 3.63) is 59.1 Å². The first kappa shape index (κ1) is 12.5. The molecule has 0 aliphatic heterocycles. The van der Waals surface area contributed by atoms with Crippen molar-refractivity contribution in [3.8, 4) is 0 Å². The van der Waals surface area contributed by atoms with Gasteiger partial charge in [-0.1, -0.05) is 23.7 Å². The van der Waals surface area contributed by atoms with Gasteiger partial charge in [-0.3, -0.25) is 9.78 Å². The van der Waals surface area contributed by atoms with Gasteiger partial charge in [0.2, 0.25) is 0 Å². The third kappa shape index (κ3) is 3.05. The molecule has 18 heavy (non-hydrogen) atoms. The molecule has 1 atom stereocenters. The lowest BCUT2D eigenvalue weighted by atomic mass is 10.1. The van der Waals surface area contributed by atoms with Gasteiger partial charge in [-0.2, -0.15) is 0 Å². The number of benzene rings is 1. The Bertz CT molecular complexity index is 545. The van der Waals surface area contributed by atoms with Gasteiger partial charge < -0.3 is 5.32 Å². The van der Waals surface area contributed by atoms with Gasteiger partial charge in [-0.15, -0.1) is 0 Å². The predicted molar refractivity (Wildman–Crippen MR) is 69.4 cm³/mol. The summed E-state index contributed by atoms with van der Waals surface area (Å²) >= 11 is 5.91. The number of nitrogens with zero attached hydrogens (tertiary/aromatic N) is 2. The van der Waals surface area contributed by atoms with Crippen LogP contribution >= 0.6 is 11.6 Å². The van der Waals surface area contributed by atoms with Gasteiger partial charge in [0, 0.05) is 17.4 Å². The summed E-state index contributed by atoms with van der Waals surface area (Å²) in [6.07, 6.45) is 4.44. The van der Waals surface area contributed by atoms with Crippen LogP contribution in [0.15, 0.2) is 42.9 Å². The molecule has 5 heteroatoms. The number of hydrogen-bond acceptors (Lipinski definition) is 3. The molecule has 0 aliphatic carbocycles. The summed E-state index contributed by atoms with van der Waals surface area (Å²) in [5, 5.41) is 3.49. The molecule has 0 saturated carbocycles. The summed E-state index contributed by atoms with van der Waals surface area (Å²) in [5.41, 5.74) is 1.24. The Morgan fingerprint density at radius 2 is 2.22 bits per heavy atom. The second-order valence-corrected chi connectivity index (χ2v) is 4.28. The number of halogens is 1. The second-order valence-electron chi connectivity index (χ2n) is 3.84. The maximum Gasteiger partial charge on any atom is 0.271 e. The van der Waals surface area contributed by atoms with Gasteiger partial charge >= 0.3 is 0 Å². The highest BCUT2D eigenvalue weighted by Crippen LogP contribution is 2.17. The van der Waals surface area contributed by atoms with Gasteiger partial charge in [0.15, 0.2) is 0 Å². The summed E-state index contributed by atoms with van der Waals surface area (Å²) in [6.45, 7) is 1.89. The van der Waals surface area contributed by atoms with Crippen LogP contribution in [0.1, 0.15) is 29.0 Å². The molecule has 1 heterocycles. The number of amides is 1. The van der Waals surface area contributed by atoms with Crippen molar-refractivity contribution in [1.29, 1.82) is 0 Å². The third-order valence-corrected chi connectivity index (χ3v) is 2.73. The Labute approximate surface area is 110 Å². The first-order valence-corrected chi connectivity index (χ1v) is 5.87. The lowest BCUT2D eigenvalue weighted by molar-refractivity contribution is 0.0934. The molecule has 92 valence electrons. The molecule has 0 saturated heterocycles. The zero-order valence-corrected chi connectivity index (χ0v) is 10.6. The Morgan fingerprint density at radius 3 is 2.89 bits per heavy atom. The average Bonchev–Trinajstić information content (AvgIpc) is 2.39. The van der Waals surface area contributed by atoms with Crippen LogP contribution in [0.25, 0.3) is 0 Å². The van der Waals surface area contributed by atoms with E-state index >= 15 is 0 Å². The number of carbonyl (C=O) groups excluding carboxylic acids is 1. The summed E-state index contributed by atoms with van der Waals surface area (Å²) in [6, 6.07) is 7.24. The van der Waals surface area contributed by atoms with Crippen LogP contribution in [-0.2, 0) is 0 Å². The monoisotopic (exact) mass is 261 g/mol. The minimum atomic E-state index is -0.254. The van der Waals surface area contributed by atoms with Crippen LogP contribution in [0, 0.1) is 0 Å². The van der Waals surface area contributed by atoms with Gasteiger partial charge in [-0.05, 0) is 24.6 Å². The fourth-order valence-electron chi connectivity index (χ4n) is 1.55. The maximum absolute atomic E-state index is 11.9. The zero-order valence-electron chi connectivity index (χ0n) is 9.80. The number of nitrogens with one attached hydrogen (secondary N) is 1. The molecule has 1 amide bonds. The quantitative estimate of drug-likeness (QED) is 0.924. The fraction of sp³-hybridized carbons (Fsp3) is 0.154. The highest BCUT2D eigenvalue weighted by atomic mass is 35.5. The number of carbonyl (C=O) groups is 1. The molecule has 0 aliphatic rings. The first-order valence-electron chi connectivity index (χ1n) is 5.49. The Morgan fingerprint density at radius 1 is 1.39 bits per heavy atom. The molecular weight excluding hydrogens is 250 g/mol. The van der Waals surface area contributed by atoms with E-state index in [1.807, 2.05) is 25.1 Å². The van der Waals surface area contributed by atoms with Crippen LogP contribution in [0.2, 0.25) is 5.02 Å². The summed E-state index contributed by atoms with van der Waals surface area (Å²) in [5.74, 6) is -0.254. The smallest absolute Gasteiger partial charge is 0.271 e. The topological polar surface area (TPSA) is 54.9 Å². The van der Waals surface area contributed by atoms with Crippen molar-refractivity contribution < 1.29 is 4.79 Å². The molecule has 2 aromatic rings. The number of hydrogen-bond donors (Lipinski definition) is 1. The van der Waals surface area contributed by atoms with E-state index in [0.29, 0.717) is 10.7 Å². The molecule has 0 bridgehead atoms. The van der Waals surface area contributed by atoms with Crippen molar-refractivity contribution in [3.63, 3.8) is 0 Å². The molecule has 1 aromatic carbocycles. The van der Waals surface area contributed by atoms with Crippen LogP contribution < -0.4 is 5.32 Å². The molecule has 4 nitrogen and oxygen atoms in total. The van der Waals surface area contributed by atoms with Crippen LogP contribution in [0.5, 0.6) is 0 Å². The minimum Gasteiger partial charge on any atom is -0.344 e. The minimum absolute atomic E-state index is 0.141. The van der Waals surface area contributed by atoms with Gasteiger partial charge in [-0.25, -0.2) is 4.98 Å². The van der Waals surface area contributed by atoms with Crippen LogP contribution in [0.3, 0.4) is 0 Å². The number of rotatable bonds is 3. The van der Waals surface area contributed by atoms with Crippen molar-refractivity contribution in [2.45, 2.75) is 13.0 Å². The van der Waals surface area contributed by atoms with Crippen molar-refractivity contribution >= 4 is 17.5 Å². The summed E-state index contributed by atoms with van der Waals surface area (Å²) in [4.78, 5) is 19.7. The lowest BCUT2D eigenvalue weighted by Gasteiger charge is -2.14. The first-order chi connectivity index (χ1) is 8.66. The molecular formula is C13H12ClN3O. The van der Waals surface area contributed by atoms with Gasteiger partial charge in [0.05, 0.1) is 12.2 Å². The Hall–Kier alpha value is -1.94. The number of aromatic nitrogens is 2. The fourth-order valence-corrected chi connectivity index (χ4v) is 1.74. The molecule has 0 fully saturated rings. The maximum atomic E-state index is 11.9. The summed E-state index contributed by atoms with van der Waals surface area (Å²) < 4.78 is 0. The van der Waals surface area contributed by atoms with E-state index in [4.69, 9.17) is 11.6 Å². The third-order valence-electron chi connectivity index (χ3n) is 2.49. The van der Waals surface area contributed by atoms with Gasteiger partial charge in [0.25, 0.3) is 5.91 Å². The largest absolute Gasteiger partial charge is 0.344 e. The normalized spacial score (nSPS) is 11.9. The van der Waals surface area contributed by atoms with E-state index < -0.39 is 0 Å². The molecule has 0 spiro atoms. The van der Waals surface area contributed by atoms with Crippen molar-refractivity contribution in [2.75, 3.05) is 0 Å². The highest BCUT2D eigenvalue weighted by Gasteiger charge is 2.12. The van der Waals surface area contributed by atoms with E-state index in [9.17, 15) is 4.79 Å². The van der Waals surface area contributed by atoms with E-state index in [2.05, 4.69) is 15.3 Å². The molecule has 0 unspecified atom stereocenters. The average molecular weight is 262 g/mol. The predicted octanol–water partition coefficient (Wildman–Crippen LogP) is 2.62.